The Kier molecular flexibility index (Phi) is 14.5. The largest absolute Gasteiger partial charge is 0.489 e. The number of unbranched alkanes of at least 4 members (excludes halogenated alkanes) is 2. The molecule has 2 N–H and O–H groups in total. The predicted molar refractivity (Wildman–Crippen MR) is 206 cm³/mol. The number of fused-ring (bicyclic) bond motifs is 2. The van der Waals surface area contributed by atoms with Crippen LogP contribution in [0, 0.1) is 23.6 Å². The molecule has 2 aromatic rings. The van der Waals surface area contributed by atoms with E-state index in [-0.39, 0.29) is 68.9 Å². The van der Waals surface area contributed by atoms with E-state index in [9.17, 15) is 19.4 Å². The van der Waals surface area contributed by atoms with Crippen LogP contribution in [0.15, 0.2) is 71.9 Å². The third-order valence-electron chi connectivity index (χ3n) is 10.5. The van der Waals surface area contributed by atoms with Gasteiger partial charge in [-0.05, 0) is 88.1 Å². The molecular formula is C42H56ClFN2O8. The van der Waals surface area contributed by atoms with Crippen LogP contribution in [0.4, 0.5) is 9.18 Å². The first-order valence-electron chi connectivity index (χ1n) is 19.1. The minimum absolute atomic E-state index is 0.0328. The number of carbonyl (C=O) groups is 1. The molecule has 0 aromatic heterocycles. The molecule has 1 fully saturated rings. The quantitative estimate of drug-likeness (QED) is 0.0675. The molecule has 0 radical (unpaired) electrons. The second kappa shape index (κ2) is 18.8. The molecule has 0 saturated heterocycles. The summed E-state index contributed by atoms with van der Waals surface area (Å²) in [5.41, 5.74) is 2.35. The number of hydrogen-bond acceptors (Lipinski definition) is 9. The number of rotatable bonds is 18. The zero-order valence-electron chi connectivity index (χ0n) is 32.0. The summed E-state index contributed by atoms with van der Waals surface area (Å²) in [7, 11) is 1.67. The fourth-order valence-electron chi connectivity index (χ4n) is 8.14. The smallest absolute Gasteiger partial charge is 0.410 e. The van der Waals surface area contributed by atoms with Crippen LogP contribution in [0.2, 0.25) is 0 Å². The molecule has 1 saturated carbocycles. The molecule has 2 aliphatic carbocycles. The van der Waals surface area contributed by atoms with Crippen molar-refractivity contribution in [2.45, 2.75) is 95.7 Å². The van der Waals surface area contributed by atoms with Crippen LogP contribution in [-0.4, -0.2) is 83.7 Å². The number of aliphatic hydroxyl groups excluding tert-OH is 2. The molecular weight excluding hydrogens is 715 g/mol. The van der Waals surface area contributed by atoms with E-state index in [4.69, 9.17) is 40.5 Å². The first-order valence-corrected chi connectivity index (χ1v) is 19.6. The van der Waals surface area contributed by atoms with E-state index in [0.717, 1.165) is 36.8 Å². The lowest BCUT2D eigenvalue weighted by atomic mass is 9.55. The Bertz CT molecular complexity index is 1650. The molecule has 12 heteroatoms. The van der Waals surface area contributed by atoms with E-state index in [1.54, 1.807) is 37.4 Å². The van der Waals surface area contributed by atoms with Gasteiger partial charge < -0.3 is 38.9 Å². The van der Waals surface area contributed by atoms with E-state index in [0.29, 0.717) is 35.6 Å². The second-order valence-corrected chi connectivity index (χ2v) is 15.6. The molecule has 0 spiro atoms. The average Bonchev–Trinajstić information content (AvgIpc) is 3.15. The number of hydrogen-bond donors (Lipinski definition) is 2. The molecule has 1 amide bonds. The first kappa shape index (κ1) is 41.5. The summed E-state index contributed by atoms with van der Waals surface area (Å²) in [6.45, 7) is 10.1. The fourth-order valence-corrected chi connectivity index (χ4v) is 8.22. The van der Waals surface area contributed by atoms with Gasteiger partial charge in [-0.3, -0.25) is 0 Å². The van der Waals surface area contributed by atoms with Gasteiger partial charge >= 0.3 is 6.09 Å². The lowest BCUT2D eigenvalue weighted by Gasteiger charge is -2.59. The number of likely N-dealkylation sites (N-methyl/N-ethyl adjacent to an activating group) is 1. The lowest BCUT2D eigenvalue weighted by molar-refractivity contribution is -0.253. The number of oxime groups is 1. The van der Waals surface area contributed by atoms with Crippen LogP contribution in [0.3, 0.4) is 0 Å². The number of allylic oxidation sites excluding steroid dienone is 1. The standard InChI is InChI=1S/C42H56ClFN2O8/c1-6-22-52-42-37(46(5)40(49)50-23-19-43)26-35(45-54-41(2,3)4)32-24-28(13-9-11-20-47)31(15-10-12-21-48)38(39(32)42)33-25-30(17-18-36(33)53-42)51-27-29-14-7-8-16-34(29)44/h6-8,14,16-18,24-25,28,31,37-39,47-48H,1,9-13,15,19-23,26-27H2,2-5H3. The topological polar surface area (TPSA) is 119 Å². The van der Waals surface area contributed by atoms with Crippen LogP contribution in [0.1, 0.15) is 82.8 Å². The molecule has 10 nitrogen and oxygen atoms in total. The minimum atomic E-state index is -1.41. The highest BCUT2D eigenvalue weighted by atomic mass is 35.5. The number of alkyl halides is 1. The maximum Gasteiger partial charge on any atom is 0.410 e. The van der Waals surface area contributed by atoms with Gasteiger partial charge in [-0.1, -0.05) is 48.3 Å². The molecule has 1 heterocycles. The molecule has 54 heavy (non-hydrogen) atoms. The van der Waals surface area contributed by atoms with E-state index >= 15 is 0 Å². The van der Waals surface area contributed by atoms with Crippen molar-refractivity contribution in [1.82, 2.24) is 4.90 Å². The maximum atomic E-state index is 14.6. The number of aliphatic hydroxyl groups is 2. The molecule has 3 aliphatic rings. The SMILES string of the molecule is C=CCOC12Oc3ccc(OCc4ccccc4F)cc3C3C(CCCCO)C(CCCCO)C=C(C(=NOC(C)(C)C)CC1N(C)C(=O)OCCCl)C32. The van der Waals surface area contributed by atoms with E-state index in [2.05, 4.69) is 12.7 Å². The van der Waals surface area contributed by atoms with Crippen molar-refractivity contribution in [3.05, 3.63) is 83.7 Å². The summed E-state index contributed by atoms with van der Waals surface area (Å²) < 4.78 is 40.4. The van der Waals surface area contributed by atoms with Crippen molar-refractivity contribution >= 4 is 23.4 Å². The lowest BCUT2D eigenvalue weighted by Crippen LogP contribution is -2.69. The average molecular weight is 771 g/mol. The van der Waals surface area contributed by atoms with Crippen molar-refractivity contribution in [2.24, 2.45) is 22.9 Å². The van der Waals surface area contributed by atoms with Crippen molar-refractivity contribution in [2.75, 3.05) is 39.4 Å². The van der Waals surface area contributed by atoms with Crippen molar-refractivity contribution in [3.8, 4) is 11.5 Å². The highest BCUT2D eigenvalue weighted by Gasteiger charge is 2.65. The molecule has 1 aliphatic heterocycles. The number of nitrogens with zero attached hydrogens (tertiary/aromatic N) is 2. The van der Waals surface area contributed by atoms with Crippen molar-refractivity contribution < 1.29 is 43.2 Å². The van der Waals surface area contributed by atoms with Crippen molar-refractivity contribution in [1.29, 1.82) is 0 Å². The summed E-state index contributed by atoms with van der Waals surface area (Å²) >= 11 is 5.92. The molecule has 296 valence electrons. The number of amides is 1. The minimum Gasteiger partial charge on any atom is -0.489 e. The van der Waals surface area contributed by atoms with E-state index in [1.807, 2.05) is 32.9 Å². The normalized spacial score (nSPS) is 25.1. The second-order valence-electron chi connectivity index (χ2n) is 15.3. The van der Waals surface area contributed by atoms with Gasteiger partial charge in [0, 0.05) is 43.7 Å². The Morgan fingerprint density at radius 3 is 2.56 bits per heavy atom. The van der Waals surface area contributed by atoms with Gasteiger partial charge in [0.15, 0.2) is 0 Å². The zero-order chi connectivity index (χ0) is 38.9. The molecule has 2 aromatic carbocycles. The fraction of sp³-hybridized carbons (Fsp3) is 0.571. The monoisotopic (exact) mass is 770 g/mol. The highest BCUT2D eigenvalue weighted by Crippen LogP contribution is 2.61. The van der Waals surface area contributed by atoms with Crippen LogP contribution >= 0.6 is 11.6 Å². The van der Waals surface area contributed by atoms with Crippen LogP contribution in [0.25, 0.3) is 0 Å². The van der Waals surface area contributed by atoms with Gasteiger partial charge in [-0.25, -0.2) is 9.18 Å². The van der Waals surface area contributed by atoms with Gasteiger partial charge in [0.2, 0.25) is 5.79 Å². The predicted octanol–water partition coefficient (Wildman–Crippen LogP) is 8.14. The Balaban J connectivity index is 1.73. The third-order valence-corrected chi connectivity index (χ3v) is 10.6. The first-order chi connectivity index (χ1) is 26.0. The Hall–Kier alpha value is -3.64. The summed E-state index contributed by atoms with van der Waals surface area (Å²) in [6, 6.07) is 11.5. The third kappa shape index (κ3) is 9.41. The maximum absolute atomic E-state index is 14.6. The number of halogens is 2. The summed E-state index contributed by atoms with van der Waals surface area (Å²) in [5, 5.41) is 24.4. The van der Waals surface area contributed by atoms with Gasteiger partial charge in [0.05, 0.1) is 24.1 Å². The molecule has 6 atom stereocenters. The van der Waals surface area contributed by atoms with Crippen molar-refractivity contribution in [3.63, 3.8) is 0 Å². The van der Waals surface area contributed by atoms with Crippen LogP contribution < -0.4 is 9.47 Å². The van der Waals surface area contributed by atoms with Crippen LogP contribution in [-0.2, 0) is 20.9 Å². The highest BCUT2D eigenvalue weighted by molar-refractivity contribution is 6.18. The van der Waals surface area contributed by atoms with Gasteiger partial charge in [-0.2, -0.15) is 0 Å². The number of carbonyl (C=O) groups excluding carboxylic acids is 1. The van der Waals surface area contributed by atoms with Gasteiger partial charge in [0.1, 0.15) is 42.2 Å². The summed E-state index contributed by atoms with van der Waals surface area (Å²) in [6.07, 6.45) is 8.13. The molecule has 5 rings (SSSR count). The zero-order valence-corrected chi connectivity index (χ0v) is 32.7. The number of benzene rings is 2. The van der Waals surface area contributed by atoms with Gasteiger partial charge in [0.25, 0.3) is 0 Å². The van der Waals surface area contributed by atoms with Crippen LogP contribution in [0.5, 0.6) is 11.5 Å². The Labute approximate surface area is 323 Å². The number of ether oxygens (including phenoxy) is 4. The van der Waals surface area contributed by atoms with E-state index in [1.165, 1.54) is 11.0 Å². The summed E-state index contributed by atoms with van der Waals surface area (Å²) in [5.74, 6) is -1.07. The Morgan fingerprint density at radius 2 is 1.87 bits per heavy atom. The molecule has 6 unspecified atom stereocenters. The van der Waals surface area contributed by atoms with Gasteiger partial charge in [-0.15, -0.1) is 18.2 Å². The van der Waals surface area contributed by atoms with E-state index < -0.39 is 29.4 Å². The Morgan fingerprint density at radius 1 is 1.13 bits per heavy atom. The molecule has 0 bridgehead atoms. The summed E-state index contributed by atoms with van der Waals surface area (Å²) in [4.78, 5) is 21.3.